The van der Waals surface area contributed by atoms with E-state index in [1.807, 2.05) is 30.3 Å². The summed E-state index contributed by atoms with van der Waals surface area (Å²) >= 11 is 3.25. The number of halogens is 4. The fourth-order valence-electron chi connectivity index (χ4n) is 2.73. The summed E-state index contributed by atoms with van der Waals surface area (Å²) in [5, 5.41) is 16.7. The van der Waals surface area contributed by atoms with Crippen LogP contribution in [0.1, 0.15) is 15.9 Å². The highest BCUT2D eigenvalue weighted by molar-refractivity contribution is 9.10. The molecule has 0 aliphatic rings. The van der Waals surface area contributed by atoms with Gasteiger partial charge in [0.1, 0.15) is 11.4 Å². The Bertz CT molecular complexity index is 1320. The predicted molar refractivity (Wildman–Crippen MR) is 128 cm³/mol. The summed E-state index contributed by atoms with van der Waals surface area (Å²) in [6.07, 6.45) is -3.78. The molecule has 36 heavy (non-hydrogen) atoms. The van der Waals surface area contributed by atoms with Crippen LogP contribution in [0.2, 0.25) is 0 Å². The van der Waals surface area contributed by atoms with E-state index < -0.39 is 28.1 Å². The number of nitrogens with one attached hydrogen (secondary N) is 1. The highest BCUT2D eigenvalue weighted by atomic mass is 79.9. The summed E-state index contributed by atoms with van der Waals surface area (Å²) in [6, 6.07) is 16.9. The molecule has 9 nitrogen and oxygen atoms in total. The number of aliphatic carboxylic acids is 1. The van der Waals surface area contributed by atoms with Crippen LogP contribution in [0.4, 0.5) is 24.7 Å². The summed E-state index contributed by atoms with van der Waals surface area (Å²) in [6.45, 7) is 0.456. The molecule has 0 aliphatic heterocycles. The molecule has 1 heterocycles. The maximum Gasteiger partial charge on any atom is 0.490 e. The van der Waals surface area contributed by atoms with E-state index in [0.29, 0.717) is 6.54 Å². The number of rotatable bonds is 7. The number of alkyl halides is 3. The monoisotopic (exact) mass is 589 g/mol. The van der Waals surface area contributed by atoms with Gasteiger partial charge in [-0.25, -0.2) is 23.0 Å². The van der Waals surface area contributed by atoms with E-state index in [4.69, 9.17) is 9.90 Å². The van der Waals surface area contributed by atoms with Crippen LogP contribution in [-0.2, 0) is 21.4 Å². The normalized spacial score (nSPS) is 11.1. The van der Waals surface area contributed by atoms with Gasteiger partial charge in [-0.05, 0) is 35.9 Å². The summed E-state index contributed by atoms with van der Waals surface area (Å²) < 4.78 is 59.9. The first-order valence-corrected chi connectivity index (χ1v) is 12.0. The number of pyridine rings is 1. The molecule has 3 aromatic rings. The molecular formula is C22H19BrF3N3O6S. The number of sulfonamides is 1. The Hall–Kier alpha value is -3.65. The third kappa shape index (κ3) is 8.23. The molecule has 1 aromatic heterocycles. The first-order chi connectivity index (χ1) is 16.7. The van der Waals surface area contributed by atoms with Crippen LogP contribution in [0.5, 0.6) is 0 Å². The first-order valence-electron chi connectivity index (χ1n) is 9.77. The van der Waals surface area contributed by atoms with Gasteiger partial charge < -0.3 is 15.1 Å². The number of carbonyl (C=O) groups is 2. The molecule has 192 valence electrons. The van der Waals surface area contributed by atoms with Crippen molar-refractivity contribution in [3.05, 3.63) is 82.5 Å². The van der Waals surface area contributed by atoms with Crippen molar-refractivity contribution < 1.29 is 41.4 Å². The van der Waals surface area contributed by atoms with E-state index in [-0.39, 0.29) is 22.0 Å². The Balaban J connectivity index is 0.000000572. The number of carboxylic acid groups (broad SMARTS) is 2. The largest absolute Gasteiger partial charge is 0.490 e. The summed E-state index contributed by atoms with van der Waals surface area (Å²) in [7, 11) is -2.14. The van der Waals surface area contributed by atoms with Crippen molar-refractivity contribution in [1.82, 2.24) is 4.98 Å². The van der Waals surface area contributed by atoms with E-state index in [1.54, 1.807) is 24.1 Å². The lowest BCUT2D eigenvalue weighted by Crippen LogP contribution is -2.21. The van der Waals surface area contributed by atoms with Crippen LogP contribution in [0.15, 0.2) is 76.2 Å². The Morgan fingerprint density at radius 2 is 1.61 bits per heavy atom. The van der Waals surface area contributed by atoms with E-state index in [2.05, 4.69) is 25.6 Å². The Labute approximate surface area is 212 Å². The summed E-state index contributed by atoms with van der Waals surface area (Å²) in [4.78, 5) is 26.6. The lowest BCUT2D eigenvalue weighted by atomic mass is 10.2. The minimum Gasteiger partial charge on any atom is -0.478 e. The third-order valence-electron chi connectivity index (χ3n) is 4.34. The van der Waals surface area contributed by atoms with Crippen LogP contribution in [0, 0.1) is 0 Å². The molecule has 2 aromatic carbocycles. The second-order valence-electron chi connectivity index (χ2n) is 7.10. The Morgan fingerprint density at radius 1 is 1.06 bits per heavy atom. The minimum absolute atomic E-state index is 0.0582. The van der Waals surface area contributed by atoms with Gasteiger partial charge in [0.2, 0.25) is 0 Å². The Morgan fingerprint density at radius 3 is 2.11 bits per heavy atom. The van der Waals surface area contributed by atoms with Gasteiger partial charge in [-0.15, -0.1) is 0 Å². The van der Waals surface area contributed by atoms with Gasteiger partial charge >= 0.3 is 18.1 Å². The topological polar surface area (TPSA) is 137 Å². The minimum atomic E-state index is -5.08. The molecular weight excluding hydrogens is 571 g/mol. The molecule has 0 radical (unpaired) electrons. The number of carboxylic acids is 2. The number of anilines is 2. The zero-order valence-corrected chi connectivity index (χ0v) is 20.8. The number of hydrogen-bond acceptors (Lipinski definition) is 6. The van der Waals surface area contributed by atoms with Crippen molar-refractivity contribution in [3.63, 3.8) is 0 Å². The second kappa shape index (κ2) is 11.9. The zero-order chi connectivity index (χ0) is 27.1. The van der Waals surface area contributed by atoms with Gasteiger partial charge in [0.25, 0.3) is 10.0 Å². The highest BCUT2D eigenvalue weighted by Gasteiger charge is 2.38. The lowest BCUT2D eigenvalue weighted by molar-refractivity contribution is -0.192. The molecule has 3 rings (SSSR count). The first kappa shape index (κ1) is 28.6. The quantitative estimate of drug-likeness (QED) is 0.363. The second-order valence-corrected chi connectivity index (χ2v) is 9.70. The van der Waals surface area contributed by atoms with Gasteiger partial charge in [-0.3, -0.25) is 4.72 Å². The van der Waals surface area contributed by atoms with Gasteiger partial charge in [0.15, 0.2) is 0 Å². The molecule has 0 atom stereocenters. The van der Waals surface area contributed by atoms with Crippen molar-refractivity contribution in [1.29, 1.82) is 0 Å². The molecule has 0 fully saturated rings. The molecule has 14 heteroatoms. The number of hydrogen-bond donors (Lipinski definition) is 3. The SMILES string of the molecule is CN(Cc1ccccc1)c1ncc(NS(=O)(=O)c2ccc(Br)cc2)cc1C(=O)O.O=C(O)C(F)(F)F. The maximum absolute atomic E-state index is 12.5. The van der Waals surface area contributed by atoms with Gasteiger partial charge in [0, 0.05) is 18.1 Å². The predicted octanol–water partition coefficient (Wildman–Crippen LogP) is 4.61. The average molecular weight is 590 g/mol. The standard InChI is InChI=1S/C20H18BrN3O4S.C2HF3O2/c1-24(13-14-5-3-2-4-6-14)19-18(20(25)26)11-16(12-22-19)23-29(27,28)17-9-7-15(21)8-10-17;3-2(4,5)1(6)7/h2-12,23H,13H2,1H3,(H,25,26);(H,6,7). The third-order valence-corrected chi connectivity index (χ3v) is 6.27. The number of benzene rings is 2. The molecule has 0 unspecified atom stereocenters. The van der Waals surface area contributed by atoms with Crippen LogP contribution in [-0.4, -0.2) is 48.8 Å². The lowest BCUT2D eigenvalue weighted by Gasteiger charge is -2.20. The highest BCUT2D eigenvalue weighted by Crippen LogP contribution is 2.24. The molecule has 0 bridgehead atoms. The Kier molecular flexibility index (Phi) is 9.42. The van der Waals surface area contributed by atoms with Crippen molar-refractivity contribution in [3.8, 4) is 0 Å². The van der Waals surface area contributed by atoms with Crippen molar-refractivity contribution >= 4 is 49.4 Å². The van der Waals surface area contributed by atoms with E-state index in [1.165, 1.54) is 24.4 Å². The maximum atomic E-state index is 12.5. The number of aromatic nitrogens is 1. The number of aromatic carboxylic acids is 1. The fraction of sp³-hybridized carbons (Fsp3) is 0.136. The van der Waals surface area contributed by atoms with Crippen molar-refractivity contribution in [2.75, 3.05) is 16.7 Å². The zero-order valence-electron chi connectivity index (χ0n) is 18.4. The van der Waals surface area contributed by atoms with Crippen molar-refractivity contribution in [2.45, 2.75) is 17.6 Å². The van der Waals surface area contributed by atoms with Crippen LogP contribution in [0.3, 0.4) is 0 Å². The smallest absolute Gasteiger partial charge is 0.478 e. The molecule has 0 aliphatic carbocycles. The van der Waals surface area contributed by atoms with Gasteiger partial charge in [-0.1, -0.05) is 46.3 Å². The van der Waals surface area contributed by atoms with Crippen LogP contribution < -0.4 is 9.62 Å². The van der Waals surface area contributed by atoms with Gasteiger partial charge in [0.05, 0.1) is 16.8 Å². The van der Waals surface area contributed by atoms with Crippen molar-refractivity contribution in [2.24, 2.45) is 0 Å². The summed E-state index contributed by atoms with van der Waals surface area (Å²) in [5.74, 6) is -3.71. The van der Waals surface area contributed by atoms with E-state index in [0.717, 1.165) is 10.0 Å². The average Bonchev–Trinajstić information content (AvgIpc) is 2.79. The molecule has 0 amide bonds. The molecule has 0 saturated heterocycles. The van der Waals surface area contributed by atoms with E-state index in [9.17, 15) is 31.5 Å². The van der Waals surface area contributed by atoms with Crippen LogP contribution in [0.25, 0.3) is 0 Å². The molecule has 0 spiro atoms. The fourth-order valence-corrected chi connectivity index (χ4v) is 4.03. The molecule has 3 N–H and O–H groups in total. The van der Waals surface area contributed by atoms with Gasteiger partial charge in [-0.2, -0.15) is 13.2 Å². The van der Waals surface area contributed by atoms with E-state index >= 15 is 0 Å². The number of nitrogens with zero attached hydrogens (tertiary/aromatic N) is 2. The molecule has 0 saturated carbocycles. The summed E-state index contributed by atoms with van der Waals surface area (Å²) in [5.41, 5.74) is 0.967. The van der Waals surface area contributed by atoms with Crippen LogP contribution >= 0.6 is 15.9 Å².